The third-order valence-electron chi connectivity index (χ3n) is 5.06. The number of aryl methyl sites for hydroxylation is 1. The molecular formula is C22H24N6O. The van der Waals surface area contributed by atoms with Gasteiger partial charge in [-0.15, -0.1) is 0 Å². The molecule has 4 rings (SSSR count). The maximum atomic E-state index is 12.4. The highest BCUT2D eigenvalue weighted by Crippen LogP contribution is 2.16. The molecule has 0 atom stereocenters. The van der Waals surface area contributed by atoms with E-state index in [1.165, 1.54) is 5.56 Å². The largest absolute Gasteiger partial charge is 0.353 e. The lowest BCUT2D eigenvalue weighted by atomic mass is 10.1. The fraction of sp³-hybridized carbons (Fsp3) is 0.273. The van der Waals surface area contributed by atoms with Gasteiger partial charge in [0.2, 0.25) is 5.95 Å². The van der Waals surface area contributed by atoms with Crippen LogP contribution in [0.15, 0.2) is 61.1 Å². The van der Waals surface area contributed by atoms with Gasteiger partial charge in [0.15, 0.2) is 0 Å². The number of benzene rings is 1. The van der Waals surface area contributed by atoms with E-state index in [1.54, 1.807) is 12.4 Å². The second-order valence-electron chi connectivity index (χ2n) is 6.94. The molecular weight excluding hydrogens is 364 g/mol. The quantitative estimate of drug-likeness (QED) is 0.724. The lowest BCUT2D eigenvalue weighted by Crippen LogP contribution is -2.47. The summed E-state index contributed by atoms with van der Waals surface area (Å²) in [6.07, 6.45) is 5.96. The smallest absolute Gasteiger partial charge is 0.258 e. The molecule has 1 N–H and O–H groups in total. The standard InChI is InChI=1S/C22H24N6O/c1-2-17-6-8-19(9-7-17)26-21(29)18-15-24-22(25-16-18)28-13-11-27(12-14-28)20-5-3-4-10-23-20/h3-10,15-16H,2,11-14H2,1H3,(H,26,29). The first-order valence-electron chi connectivity index (χ1n) is 9.86. The van der Waals surface area contributed by atoms with E-state index in [0.717, 1.165) is 44.1 Å². The summed E-state index contributed by atoms with van der Waals surface area (Å²) in [5.41, 5.74) is 2.45. The first-order chi connectivity index (χ1) is 14.2. The topological polar surface area (TPSA) is 74.2 Å². The summed E-state index contributed by atoms with van der Waals surface area (Å²) in [7, 11) is 0. The van der Waals surface area contributed by atoms with Gasteiger partial charge in [0.05, 0.1) is 5.56 Å². The number of hydrogen-bond acceptors (Lipinski definition) is 6. The summed E-state index contributed by atoms with van der Waals surface area (Å²) in [6.45, 7) is 5.44. The van der Waals surface area contributed by atoms with E-state index in [1.807, 2.05) is 48.7 Å². The van der Waals surface area contributed by atoms with Gasteiger partial charge in [0.1, 0.15) is 5.82 Å². The SMILES string of the molecule is CCc1ccc(NC(=O)c2cnc(N3CCN(c4ccccn4)CC3)nc2)cc1. The highest BCUT2D eigenvalue weighted by atomic mass is 16.1. The maximum Gasteiger partial charge on any atom is 0.258 e. The maximum absolute atomic E-state index is 12.4. The van der Waals surface area contributed by atoms with Crippen LogP contribution in [0, 0.1) is 0 Å². The van der Waals surface area contributed by atoms with Crippen molar-refractivity contribution >= 4 is 23.4 Å². The molecule has 3 aromatic rings. The van der Waals surface area contributed by atoms with E-state index in [2.05, 4.69) is 37.0 Å². The molecule has 1 saturated heterocycles. The van der Waals surface area contributed by atoms with Crippen LogP contribution in [-0.2, 0) is 6.42 Å². The molecule has 29 heavy (non-hydrogen) atoms. The van der Waals surface area contributed by atoms with Crippen molar-refractivity contribution in [2.45, 2.75) is 13.3 Å². The molecule has 7 nitrogen and oxygen atoms in total. The average Bonchev–Trinajstić information content (AvgIpc) is 2.80. The summed E-state index contributed by atoms with van der Waals surface area (Å²) in [4.78, 5) is 30.0. The number of carbonyl (C=O) groups excluding carboxylic acids is 1. The van der Waals surface area contributed by atoms with Crippen molar-refractivity contribution in [3.8, 4) is 0 Å². The van der Waals surface area contributed by atoms with Crippen molar-refractivity contribution in [1.82, 2.24) is 15.0 Å². The molecule has 1 aromatic carbocycles. The van der Waals surface area contributed by atoms with Gasteiger partial charge in [0, 0.05) is 50.5 Å². The Kier molecular flexibility index (Phi) is 5.65. The van der Waals surface area contributed by atoms with Crippen LogP contribution in [0.1, 0.15) is 22.8 Å². The summed E-state index contributed by atoms with van der Waals surface area (Å²) in [5.74, 6) is 1.43. The fourth-order valence-electron chi connectivity index (χ4n) is 3.31. The van der Waals surface area contributed by atoms with Crippen LogP contribution < -0.4 is 15.1 Å². The highest BCUT2D eigenvalue weighted by molar-refractivity contribution is 6.03. The number of aromatic nitrogens is 3. The second-order valence-corrected chi connectivity index (χ2v) is 6.94. The number of amides is 1. The van der Waals surface area contributed by atoms with E-state index in [0.29, 0.717) is 11.5 Å². The Morgan fingerprint density at radius 2 is 1.62 bits per heavy atom. The molecule has 7 heteroatoms. The molecule has 0 saturated carbocycles. The molecule has 1 aliphatic heterocycles. The van der Waals surface area contributed by atoms with Crippen LogP contribution in [0.2, 0.25) is 0 Å². The third kappa shape index (κ3) is 4.51. The number of carbonyl (C=O) groups is 1. The Hall–Kier alpha value is -3.48. The van der Waals surface area contributed by atoms with E-state index in [-0.39, 0.29) is 5.91 Å². The van der Waals surface area contributed by atoms with E-state index in [4.69, 9.17) is 0 Å². The molecule has 148 valence electrons. The molecule has 0 unspecified atom stereocenters. The summed E-state index contributed by atoms with van der Waals surface area (Å²) < 4.78 is 0. The number of piperazine rings is 1. The van der Waals surface area contributed by atoms with Gasteiger partial charge in [-0.25, -0.2) is 15.0 Å². The Morgan fingerprint density at radius 1 is 0.931 bits per heavy atom. The van der Waals surface area contributed by atoms with Gasteiger partial charge in [-0.05, 0) is 36.2 Å². The number of hydrogen-bond donors (Lipinski definition) is 1. The zero-order valence-corrected chi connectivity index (χ0v) is 16.5. The van der Waals surface area contributed by atoms with Gasteiger partial charge in [-0.1, -0.05) is 25.1 Å². The van der Waals surface area contributed by atoms with Gasteiger partial charge >= 0.3 is 0 Å². The van der Waals surface area contributed by atoms with Crippen molar-refractivity contribution in [3.05, 3.63) is 72.2 Å². The zero-order valence-electron chi connectivity index (χ0n) is 16.5. The summed E-state index contributed by atoms with van der Waals surface area (Å²) in [6, 6.07) is 13.8. The first kappa shape index (κ1) is 18.9. The average molecular weight is 388 g/mol. The normalized spacial score (nSPS) is 14.0. The van der Waals surface area contributed by atoms with Crippen molar-refractivity contribution in [1.29, 1.82) is 0 Å². The summed E-state index contributed by atoms with van der Waals surface area (Å²) in [5, 5.41) is 2.89. The number of nitrogens with zero attached hydrogens (tertiary/aromatic N) is 5. The Balaban J connectivity index is 1.34. The Bertz CT molecular complexity index is 935. The number of pyridine rings is 1. The molecule has 1 fully saturated rings. The molecule has 0 bridgehead atoms. The van der Waals surface area contributed by atoms with E-state index >= 15 is 0 Å². The monoisotopic (exact) mass is 388 g/mol. The van der Waals surface area contributed by atoms with Gasteiger partial charge < -0.3 is 15.1 Å². The molecule has 3 heterocycles. The van der Waals surface area contributed by atoms with Crippen LogP contribution >= 0.6 is 0 Å². The molecule has 1 aliphatic rings. The van der Waals surface area contributed by atoms with E-state index in [9.17, 15) is 4.79 Å². The highest BCUT2D eigenvalue weighted by Gasteiger charge is 2.20. The molecule has 0 radical (unpaired) electrons. The Morgan fingerprint density at radius 3 is 2.24 bits per heavy atom. The Labute approximate surface area is 170 Å². The van der Waals surface area contributed by atoms with Crippen LogP contribution in [0.4, 0.5) is 17.5 Å². The van der Waals surface area contributed by atoms with Gasteiger partial charge in [-0.2, -0.15) is 0 Å². The molecule has 0 aliphatic carbocycles. The lowest BCUT2D eigenvalue weighted by Gasteiger charge is -2.35. The lowest BCUT2D eigenvalue weighted by molar-refractivity contribution is 0.102. The predicted molar refractivity (Wildman–Crippen MR) is 114 cm³/mol. The van der Waals surface area contributed by atoms with Crippen molar-refractivity contribution in [3.63, 3.8) is 0 Å². The van der Waals surface area contributed by atoms with Crippen LogP contribution in [-0.4, -0.2) is 47.0 Å². The minimum atomic E-state index is -0.208. The second kappa shape index (κ2) is 8.68. The van der Waals surface area contributed by atoms with Crippen LogP contribution in [0.25, 0.3) is 0 Å². The van der Waals surface area contributed by atoms with Crippen molar-refractivity contribution < 1.29 is 4.79 Å². The number of rotatable bonds is 5. The van der Waals surface area contributed by atoms with Crippen LogP contribution in [0.5, 0.6) is 0 Å². The zero-order chi connectivity index (χ0) is 20.1. The molecule has 1 amide bonds. The van der Waals surface area contributed by atoms with Gasteiger partial charge in [-0.3, -0.25) is 4.79 Å². The van der Waals surface area contributed by atoms with Crippen molar-refractivity contribution in [2.75, 3.05) is 41.3 Å². The third-order valence-corrected chi connectivity index (χ3v) is 5.06. The number of anilines is 3. The predicted octanol–water partition coefficient (Wildman–Crippen LogP) is 3.01. The fourth-order valence-corrected chi connectivity index (χ4v) is 3.31. The number of nitrogens with one attached hydrogen (secondary N) is 1. The van der Waals surface area contributed by atoms with Gasteiger partial charge in [0.25, 0.3) is 5.91 Å². The summed E-state index contributed by atoms with van der Waals surface area (Å²) >= 11 is 0. The molecule has 0 spiro atoms. The minimum absolute atomic E-state index is 0.208. The van der Waals surface area contributed by atoms with E-state index < -0.39 is 0 Å². The minimum Gasteiger partial charge on any atom is -0.353 e. The first-order valence-corrected chi connectivity index (χ1v) is 9.86. The molecule has 2 aromatic heterocycles. The van der Waals surface area contributed by atoms with Crippen LogP contribution in [0.3, 0.4) is 0 Å². The van der Waals surface area contributed by atoms with Crippen molar-refractivity contribution in [2.24, 2.45) is 0 Å².